The van der Waals surface area contributed by atoms with Crippen LogP contribution in [0.3, 0.4) is 0 Å². The lowest BCUT2D eigenvalue weighted by molar-refractivity contribution is 0.0549. The summed E-state index contributed by atoms with van der Waals surface area (Å²) in [4.78, 5) is 25.6. The molecule has 0 aliphatic carbocycles. The second-order valence-electron chi connectivity index (χ2n) is 7.19. The van der Waals surface area contributed by atoms with Gasteiger partial charge in [-0.2, -0.15) is 10.2 Å². The van der Waals surface area contributed by atoms with Crippen LogP contribution < -0.4 is 4.74 Å². The van der Waals surface area contributed by atoms with Crippen molar-refractivity contribution in [3.63, 3.8) is 0 Å². The molecule has 0 spiro atoms. The van der Waals surface area contributed by atoms with Crippen LogP contribution in [0.2, 0.25) is 5.02 Å². The molecular weight excluding hydrogens is 460 g/mol. The van der Waals surface area contributed by atoms with Gasteiger partial charge in [-0.1, -0.05) is 29.8 Å². The number of benzene rings is 2. The zero-order valence-electron chi connectivity index (χ0n) is 18.7. The van der Waals surface area contributed by atoms with E-state index in [-0.39, 0.29) is 17.0 Å². The molecule has 0 N–H and O–H groups in total. The van der Waals surface area contributed by atoms with Crippen LogP contribution in [-0.4, -0.2) is 52.8 Å². The average molecular weight is 481 g/mol. The fourth-order valence-electron chi connectivity index (χ4n) is 3.61. The molecule has 174 valence electrons. The number of hydrogen-bond acceptors (Lipinski definition) is 7. The van der Waals surface area contributed by atoms with Crippen molar-refractivity contribution in [2.75, 3.05) is 21.3 Å². The molecule has 10 heteroatoms. The molecule has 34 heavy (non-hydrogen) atoms. The van der Waals surface area contributed by atoms with Crippen LogP contribution in [0.1, 0.15) is 26.4 Å². The third-order valence-corrected chi connectivity index (χ3v) is 5.34. The predicted octanol–water partition coefficient (Wildman–Crippen LogP) is 4.02. The maximum atomic E-state index is 12.9. The van der Waals surface area contributed by atoms with Gasteiger partial charge in [0.2, 0.25) is 0 Å². The van der Waals surface area contributed by atoms with E-state index in [4.69, 9.17) is 25.8 Å². The van der Waals surface area contributed by atoms with E-state index in [9.17, 15) is 9.59 Å². The summed E-state index contributed by atoms with van der Waals surface area (Å²) in [7, 11) is 4.05. The molecule has 0 unspecified atom stereocenters. The quantitative estimate of drug-likeness (QED) is 0.368. The van der Waals surface area contributed by atoms with E-state index in [0.717, 1.165) is 5.56 Å². The largest absolute Gasteiger partial charge is 0.496 e. The van der Waals surface area contributed by atoms with Gasteiger partial charge in [0, 0.05) is 17.3 Å². The molecule has 2 aromatic heterocycles. The summed E-state index contributed by atoms with van der Waals surface area (Å²) < 4.78 is 18.5. The van der Waals surface area contributed by atoms with Crippen molar-refractivity contribution in [3.8, 4) is 22.7 Å². The van der Waals surface area contributed by atoms with E-state index in [1.165, 1.54) is 25.1 Å². The molecule has 0 radical (unpaired) electrons. The van der Waals surface area contributed by atoms with E-state index in [1.807, 2.05) is 12.1 Å². The Morgan fingerprint density at radius 2 is 1.74 bits per heavy atom. The highest BCUT2D eigenvalue weighted by Crippen LogP contribution is 2.32. The Bertz CT molecular complexity index is 1350. The summed E-state index contributed by atoms with van der Waals surface area (Å²) in [6, 6.07) is 14.3. The highest BCUT2D eigenvalue weighted by Gasteiger charge is 2.31. The van der Waals surface area contributed by atoms with Crippen molar-refractivity contribution in [3.05, 3.63) is 82.8 Å². The van der Waals surface area contributed by atoms with Crippen molar-refractivity contribution in [2.45, 2.75) is 6.54 Å². The number of ether oxygens (including phenoxy) is 3. The molecule has 0 saturated heterocycles. The smallest absolute Gasteiger partial charge is 0.357 e. The Morgan fingerprint density at radius 1 is 1.00 bits per heavy atom. The molecule has 2 heterocycles. The molecule has 9 nitrogen and oxygen atoms in total. The first-order chi connectivity index (χ1) is 16.5. The summed E-state index contributed by atoms with van der Waals surface area (Å²) >= 11 is 6.00. The number of halogens is 1. The van der Waals surface area contributed by atoms with Gasteiger partial charge in [0.25, 0.3) is 0 Å². The van der Waals surface area contributed by atoms with Gasteiger partial charge in [-0.3, -0.25) is 4.68 Å². The number of esters is 2. The van der Waals surface area contributed by atoms with Gasteiger partial charge in [-0.25, -0.2) is 14.3 Å². The van der Waals surface area contributed by atoms with Crippen molar-refractivity contribution < 1.29 is 23.8 Å². The number of rotatable bonds is 7. The number of hydrogen-bond donors (Lipinski definition) is 0. The molecule has 0 bridgehead atoms. The lowest BCUT2D eigenvalue weighted by Gasteiger charge is -2.11. The zero-order valence-corrected chi connectivity index (χ0v) is 19.4. The van der Waals surface area contributed by atoms with E-state index in [1.54, 1.807) is 54.4 Å². The van der Waals surface area contributed by atoms with Crippen LogP contribution in [0.4, 0.5) is 0 Å². The molecule has 0 fully saturated rings. The van der Waals surface area contributed by atoms with Crippen molar-refractivity contribution in [2.24, 2.45) is 0 Å². The standard InChI is InChI=1S/C24H21ClN4O5/c1-32-19-10-9-15(11-16(19)13-28-14-17(25)12-26-28)21-20(23(30)33-2)22(24(31)34-3)29(27-21)18-7-5-4-6-8-18/h4-12,14H,13H2,1-3H3. The fraction of sp³-hybridized carbons (Fsp3) is 0.167. The van der Waals surface area contributed by atoms with Gasteiger partial charge in [0.1, 0.15) is 17.0 Å². The molecule has 4 aromatic rings. The molecule has 4 rings (SSSR count). The summed E-state index contributed by atoms with van der Waals surface area (Å²) in [6.07, 6.45) is 3.23. The lowest BCUT2D eigenvalue weighted by Crippen LogP contribution is -2.15. The number of aromatic nitrogens is 4. The fourth-order valence-corrected chi connectivity index (χ4v) is 3.76. The Balaban J connectivity index is 1.93. The minimum atomic E-state index is -0.720. The number of para-hydroxylation sites is 1. The second-order valence-corrected chi connectivity index (χ2v) is 7.62. The summed E-state index contributed by atoms with van der Waals surface area (Å²) in [5.74, 6) is -0.817. The van der Waals surface area contributed by atoms with E-state index < -0.39 is 11.9 Å². The Morgan fingerprint density at radius 3 is 2.35 bits per heavy atom. The summed E-state index contributed by atoms with van der Waals surface area (Å²) in [5.41, 5.74) is 2.15. The third kappa shape index (κ3) is 4.38. The predicted molar refractivity (Wildman–Crippen MR) is 125 cm³/mol. The van der Waals surface area contributed by atoms with Crippen molar-refractivity contribution in [1.29, 1.82) is 0 Å². The molecule has 0 aliphatic rings. The van der Waals surface area contributed by atoms with E-state index in [2.05, 4.69) is 10.2 Å². The maximum Gasteiger partial charge on any atom is 0.357 e. The number of methoxy groups -OCH3 is 3. The molecular formula is C24H21ClN4O5. The van der Waals surface area contributed by atoms with Gasteiger partial charge in [0.15, 0.2) is 5.69 Å². The SMILES string of the molecule is COC(=O)c1c(-c2ccc(OC)c(Cn3cc(Cl)cn3)c2)nn(-c2ccccc2)c1C(=O)OC. The molecule has 2 aromatic carbocycles. The Kier molecular flexibility index (Phi) is 6.65. The number of nitrogens with zero attached hydrogens (tertiary/aromatic N) is 4. The van der Waals surface area contributed by atoms with Gasteiger partial charge >= 0.3 is 11.9 Å². The van der Waals surface area contributed by atoms with Gasteiger partial charge in [0.05, 0.1) is 44.8 Å². The molecule has 0 aliphatic heterocycles. The number of carbonyl (C=O) groups is 2. The first-order valence-corrected chi connectivity index (χ1v) is 10.5. The Hall–Kier alpha value is -4.11. The minimum Gasteiger partial charge on any atom is -0.496 e. The van der Waals surface area contributed by atoms with Crippen molar-refractivity contribution >= 4 is 23.5 Å². The molecule has 0 amide bonds. The summed E-state index contributed by atoms with van der Waals surface area (Å²) in [6.45, 7) is 0.362. The van der Waals surface area contributed by atoms with Gasteiger partial charge < -0.3 is 14.2 Å². The van der Waals surface area contributed by atoms with Crippen LogP contribution in [0, 0.1) is 0 Å². The van der Waals surface area contributed by atoms with Crippen LogP contribution in [0.5, 0.6) is 5.75 Å². The van der Waals surface area contributed by atoms with Gasteiger partial charge in [-0.05, 0) is 30.3 Å². The number of carbonyl (C=O) groups excluding carboxylic acids is 2. The van der Waals surface area contributed by atoms with Crippen LogP contribution in [0.15, 0.2) is 60.9 Å². The monoisotopic (exact) mass is 480 g/mol. The van der Waals surface area contributed by atoms with Crippen LogP contribution in [0.25, 0.3) is 16.9 Å². The lowest BCUT2D eigenvalue weighted by atomic mass is 10.0. The first-order valence-electron chi connectivity index (χ1n) is 10.2. The van der Waals surface area contributed by atoms with Crippen LogP contribution >= 0.6 is 11.6 Å². The highest BCUT2D eigenvalue weighted by atomic mass is 35.5. The topological polar surface area (TPSA) is 97.5 Å². The summed E-state index contributed by atoms with van der Waals surface area (Å²) in [5, 5.41) is 9.35. The highest BCUT2D eigenvalue weighted by molar-refractivity contribution is 6.30. The average Bonchev–Trinajstić information content (AvgIpc) is 3.47. The van der Waals surface area contributed by atoms with Crippen LogP contribution in [-0.2, 0) is 16.0 Å². The normalized spacial score (nSPS) is 10.7. The second kappa shape index (κ2) is 9.80. The van der Waals surface area contributed by atoms with E-state index in [0.29, 0.717) is 28.6 Å². The third-order valence-electron chi connectivity index (χ3n) is 5.14. The van der Waals surface area contributed by atoms with E-state index >= 15 is 0 Å². The minimum absolute atomic E-state index is 0.00328. The maximum absolute atomic E-state index is 12.9. The zero-order chi connectivity index (χ0) is 24.2. The first kappa shape index (κ1) is 23.1. The molecule has 0 atom stereocenters. The van der Waals surface area contributed by atoms with Gasteiger partial charge in [-0.15, -0.1) is 0 Å². The Labute approximate surface area is 200 Å². The van der Waals surface area contributed by atoms with Crippen molar-refractivity contribution in [1.82, 2.24) is 19.6 Å². The molecule has 0 saturated carbocycles.